The second-order valence-corrected chi connectivity index (χ2v) is 10.9. The number of hydrogen-bond donors (Lipinski definition) is 5. The Labute approximate surface area is 214 Å². The molecule has 0 spiro atoms. The molecule has 12 heteroatoms. The normalized spacial score (nSPS) is 37.7. The van der Waals surface area contributed by atoms with Crippen LogP contribution in [0, 0.1) is 28.6 Å². The Bertz CT molecular complexity index is 1160. The molecular weight excluding hydrogens is 480 g/mol. The van der Waals surface area contributed by atoms with Crippen molar-refractivity contribution in [2.24, 2.45) is 50.3 Å². The molecule has 0 saturated heterocycles. The molecule has 4 rings (SSSR count). The van der Waals surface area contributed by atoms with Crippen molar-refractivity contribution in [3.63, 3.8) is 0 Å². The van der Waals surface area contributed by atoms with E-state index in [9.17, 15) is 24.3 Å². The molecule has 0 aliphatic heterocycles. The van der Waals surface area contributed by atoms with E-state index < -0.39 is 34.5 Å². The number of esters is 1. The number of aliphatic hydroxyl groups is 1. The number of carbonyl (C=O) groups excluding carboxylic acids is 4. The maximum absolute atomic E-state index is 13.9. The predicted octanol–water partition coefficient (Wildman–Crippen LogP) is 1.25. The van der Waals surface area contributed by atoms with Crippen molar-refractivity contribution in [2.45, 2.75) is 58.5 Å². The molecule has 0 unspecified atom stereocenters. The van der Waals surface area contributed by atoms with Crippen LogP contribution in [-0.2, 0) is 14.3 Å². The first kappa shape index (κ1) is 26.5. The van der Waals surface area contributed by atoms with Gasteiger partial charge in [0, 0.05) is 30.1 Å². The first-order valence-electron chi connectivity index (χ1n) is 12.4. The molecular formula is C25H34N6O6. The highest BCUT2D eigenvalue weighted by molar-refractivity contribution is 6.06. The summed E-state index contributed by atoms with van der Waals surface area (Å²) in [5.41, 5.74) is 13.4. The lowest BCUT2D eigenvalue weighted by atomic mass is 9.46. The minimum Gasteiger partial charge on any atom is -0.460 e. The maximum Gasteiger partial charge on any atom is 0.332 e. The summed E-state index contributed by atoms with van der Waals surface area (Å²) in [7, 11) is 0. The second-order valence-electron chi connectivity index (χ2n) is 10.9. The van der Waals surface area contributed by atoms with E-state index in [0.29, 0.717) is 18.6 Å². The van der Waals surface area contributed by atoms with E-state index >= 15 is 0 Å². The third-order valence-electron chi connectivity index (χ3n) is 8.91. The van der Waals surface area contributed by atoms with E-state index in [1.807, 2.05) is 19.1 Å². The van der Waals surface area contributed by atoms with Gasteiger partial charge in [0.25, 0.3) is 0 Å². The summed E-state index contributed by atoms with van der Waals surface area (Å²) < 4.78 is 5.13. The van der Waals surface area contributed by atoms with Gasteiger partial charge in [0.05, 0.1) is 5.71 Å². The number of rotatable bonds is 5. The third-order valence-corrected chi connectivity index (χ3v) is 8.91. The van der Waals surface area contributed by atoms with Crippen LogP contribution in [0.1, 0.15) is 52.9 Å². The average molecular weight is 515 g/mol. The minimum atomic E-state index is -1.57. The van der Waals surface area contributed by atoms with Gasteiger partial charge in [-0.05, 0) is 49.7 Å². The Morgan fingerprint density at radius 1 is 1.19 bits per heavy atom. The molecule has 200 valence electrons. The van der Waals surface area contributed by atoms with Gasteiger partial charge < -0.3 is 21.3 Å². The zero-order valence-electron chi connectivity index (χ0n) is 21.2. The lowest BCUT2D eigenvalue weighted by molar-refractivity contribution is -0.150. The van der Waals surface area contributed by atoms with Gasteiger partial charge in [0.2, 0.25) is 0 Å². The van der Waals surface area contributed by atoms with Crippen molar-refractivity contribution in [3.8, 4) is 0 Å². The van der Waals surface area contributed by atoms with Gasteiger partial charge in [-0.2, -0.15) is 10.2 Å². The van der Waals surface area contributed by atoms with Crippen LogP contribution >= 0.6 is 0 Å². The topological polar surface area (TPSA) is 199 Å². The summed E-state index contributed by atoms with van der Waals surface area (Å²) in [4.78, 5) is 47.8. The SMILES string of the molecule is CC(=O)OC/C(=N\NC(N)=O)[C@@]1(O)CC[C@H]2[C@@H]3CCC4=C/C(=N/NC(N)=O)C=C[C@]4(C)[C@H]3C(=O)C[C@@]21C. The molecule has 12 nitrogen and oxygen atoms in total. The largest absolute Gasteiger partial charge is 0.460 e. The molecule has 4 aliphatic rings. The van der Waals surface area contributed by atoms with Crippen LogP contribution in [0.4, 0.5) is 9.59 Å². The Balaban J connectivity index is 1.66. The van der Waals surface area contributed by atoms with Gasteiger partial charge in [-0.15, -0.1) is 0 Å². The summed E-state index contributed by atoms with van der Waals surface area (Å²) in [6, 6.07) is -1.67. The van der Waals surface area contributed by atoms with Crippen LogP contribution in [0.2, 0.25) is 0 Å². The standard InChI is InChI=1S/C25H34N6O6/c1-13(32)37-12-19(29-31-22(27)35)25(36)9-7-17-16-5-4-14-10-15(28-30-21(26)34)6-8-23(14,2)20(16)18(33)11-24(17,25)3/h6,8,10,16-17,20,36H,4-5,7,9,11-12H2,1-3H3,(H3,26,30,34)(H3,27,31,35)/b28-15+,29-19+/t16-,17-,20+,23-,24-,25-/m0/s1. The van der Waals surface area contributed by atoms with Crippen molar-refractivity contribution in [1.82, 2.24) is 10.9 Å². The molecule has 37 heavy (non-hydrogen) atoms. The van der Waals surface area contributed by atoms with Gasteiger partial charge in [0.1, 0.15) is 23.7 Å². The van der Waals surface area contributed by atoms with Gasteiger partial charge in [-0.3, -0.25) is 9.59 Å². The first-order chi connectivity index (χ1) is 17.3. The fraction of sp³-hybridized carbons (Fsp3) is 0.600. The highest BCUT2D eigenvalue weighted by Crippen LogP contribution is 2.66. The summed E-state index contributed by atoms with van der Waals surface area (Å²) in [6.45, 7) is 4.85. The van der Waals surface area contributed by atoms with E-state index in [-0.39, 0.29) is 42.3 Å². The van der Waals surface area contributed by atoms with Gasteiger partial charge in [-0.1, -0.05) is 25.5 Å². The number of Topliss-reactive ketones (excluding diaryl/α,β-unsaturated/α-hetero) is 1. The molecule has 4 amide bonds. The number of hydrazone groups is 2. The van der Waals surface area contributed by atoms with Crippen molar-refractivity contribution in [3.05, 3.63) is 23.8 Å². The molecule has 3 saturated carbocycles. The van der Waals surface area contributed by atoms with Crippen molar-refractivity contribution < 1.29 is 29.0 Å². The second kappa shape index (κ2) is 9.40. The summed E-state index contributed by atoms with van der Waals surface area (Å²) in [5, 5.41) is 20.0. The Morgan fingerprint density at radius 2 is 1.89 bits per heavy atom. The number of nitrogens with one attached hydrogen (secondary N) is 2. The number of amides is 4. The van der Waals surface area contributed by atoms with Gasteiger partial charge >= 0.3 is 18.0 Å². The fourth-order valence-electron chi connectivity index (χ4n) is 7.24. The molecule has 0 aromatic carbocycles. The average Bonchev–Trinajstić information content (AvgIpc) is 3.07. The quantitative estimate of drug-likeness (QED) is 0.208. The number of urea groups is 2. The van der Waals surface area contributed by atoms with Gasteiger partial charge in [0.15, 0.2) is 0 Å². The number of ketones is 1. The minimum absolute atomic E-state index is 0.00493. The van der Waals surface area contributed by atoms with Crippen LogP contribution in [-0.4, -0.2) is 52.6 Å². The lowest BCUT2D eigenvalue weighted by Gasteiger charge is -2.57. The number of hydrogen-bond acceptors (Lipinski definition) is 8. The molecule has 7 N–H and O–H groups in total. The highest BCUT2D eigenvalue weighted by Gasteiger charge is 2.67. The highest BCUT2D eigenvalue weighted by atomic mass is 16.5. The van der Waals surface area contributed by atoms with Crippen LogP contribution in [0.15, 0.2) is 34.0 Å². The molecule has 3 fully saturated rings. The van der Waals surface area contributed by atoms with E-state index in [1.165, 1.54) is 6.92 Å². The molecule has 0 aromatic rings. The zero-order valence-corrected chi connectivity index (χ0v) is 21.2. The van der Waals surface area contributed by atoms with Crippen molar-refractivity contribution >= 4 is 35.2 Å². The summed E-state index contributed by atoms with van der Waals surface area (Å²) in [5.74, 6) is -0.810. The molecule has 0 heterocycles. The Hall–Kier alpha value is -3.54. The van der Waals surface area contributed by atoms with E-state index in [1.54, 1.807) is 6.08 Å². The number of carbonyl (C=O) groups is 4. The van der Waals surface area contributed by atoms with Gasteiger partial charge in [-0.25, -0.2) is 20.4 Å². The summed E-state index contributed by atoms with van der Waals surface area (Å²) in [6.07, 6.45) is 8.19. The Morgan fingerprint density at radius 3 is 2.54 bits per heavy atom. The fourth-order valence-corrected chi connectivity index (χ4v) is 7.24. The zero-order chi connectivity index (χ0) is 27.2. The Kier molecular flexibility index (Phi) is 6.74. The van der Waals surface area contributed by atoms with Crippen molar-refractivity contribution in [2.75, 3.05) is 6.61 Å². The van der Waals surface area contributed by atoms with E-state index in [2.05, 4.69) is 28.0 Å². The monoisotopic (exact) mass is 514 g/mol. The lowest BCUT2D eigenvalue weighted by Crippen LogP contribution is -2.61. The molecule has 6 atom stereocenters. The van der Waals surface area contributed by atoms with Crippen LogP contribution in [0.25, 0.3) is 0 Å². The summed E-state index contributed by atoms with van der Waals surface area (Å²) >= 11 is 0. The molecule has 0 aromatic heterocycles. The third kappa shape index (κ3) is 4.43. The number of ether oxygens (including phenoxy) is 1. The predicted molar refractivity (Wildman–Crippen MR) is 134 cm³/mol. The van der Waals surface area contributed by atoms with E-state index in [0.717, 1.165) is 18.4 Å². The van der Waals surface area contributed by atoms with Crippen LogP contribution in [0.5, 0.6) is 0 Å². The first-order valence-corrected chi connectivity index (χ1v) is 12.4. The number of nitrogens with two attached hydrogens (primary N) is 2. The number of allylic oxidation sites excluding steroid dienone is 4. The number of fused-ring (bicyclic) bond motifs is 5. The molecule has 0 bridgehead atoms. The molecule has 0 radical (unpaired) electrons. The number of nitrogens with zero attached hydrogens (tertiary/aromatic N) is 2. The smallest absolute Gasteiger partial charge is 0.332 e. The number of primary amides is 2. The van der Waals surface area contributed by atoms with E-state index in [4.69, 9.17) is 16.2 Å². The van der Waals surface area contributed by atoms with Crippen LogP contribution in [0.3, 0.4) is 0 Å². The van der Waals surface area contributed by atoms with Crippen molar-refractivity contribution in [1.29, 1.82) is 0 Å². The molecule has 4 aliphatic carbocycles. The van der Waals surface area contributed by atoms with Crippen LogP contribution < -0.4 is 22.3 Å². The maximum atomic E-state index is 13.9.